The van der Waals surface area contributed by atoms with E-state index in [-0.39, 0.29) is 26.8 Å². The Morgan fingerprint density at radius 2 is 1.45 bits per heavy atom. The van der Waals surface area contributed by atoms with E-state index in [1.165, 1.54) is 0 Å². The van der Waals surface area contributed by atoms with Crippen molar-refractivity contribution >= 4 is 32.7 Å². The van der Waals surface area contributed by atoms with Crippen molar-refractivity contribution in [2.45, 2.75) is 0 Å². The molecule has 204 valence electrons. The van der Waals surface area contributed by atoms with Crippen LogP contribution in [0, 0.1) is 6.07 Å². The molecule has 5 nitrogen and oxygen atoms in total. The molecule has 0 saturated heterocycles. The molecule has 0 amide bonds. The fraction of sp³-hybridized carbons (Fsp3) is 0. The Kier molecular flexibility index (Phi) is 6.45. The van der Waals surface area contributed by atoms with E-state index >= 15 is 0 Å². The molecule has 5 aromatic carbocycles. The van der Waals surface area contributed by atoms with Gasteiger partial charge in [-0.05, 0) is 46.5 Å². The molecule has 0 radical (unpaired) electrons. The minimum atomic E-state index is 0. The van der Waals surface area contributed by atoms with Gasteiger partial charge in [-0.3, -0.25) is 9.97 Å². The molecule has 8 aromatic rings. The summed E-state index contributed by atoms with van der Waals surface area (Å²) in [5, 5.41) is 14.9. The zero-order valence-electron chi connectivity index (χ0n) is 22.1. The number of nitrogens with zero attached hydrogens (tertiary/aromatic N) is 3. The molecule has 42 heavy (non-hydrogen) atoms. The average Bonchev–Trinajstić information content (AvgIpc) is 3.63. The Hall–Kier alpha value is -4.99. The van der Waals surface area contributed by atoms with Crippen molar-refractivity contribution < 1.29 is 30.6 Å². The number of furan rings is 1. The molecule has 1 N–H and O–H groups in total. The molecule has 6 heteroatoms. The Labute approximate surface area is 256 Å². The number of hydrogen-bond donors (Lipinski definition) is 1. The second-order valence-corrected chi connectivity index (χ2v) is 9.99. The van der Waals surface area contributed by atoms with Gasteiger partial charge >= 0.3 is 0 Å². The van der Waals surface area contributed by atoms with Gasteiger partial charge in [0.15, 0.2) is 0 Å². The number of aromatic nitrogens is 3. The molecule has 0 fully saturated rings. The summed E-state index contributed by atoms with van der Waals surface area (Å²) < 4.78 is 8.40. The maximum atomic E-state index is 10.7. The number of benzene rings is 5. The van der Waals surface area contributed by atoms with Crippen LogP contribution in [0.4, 0.5) is 0 Å². The van der Waals surface area contributed by atoms with E-state index in [2.05, 4.69) is 36.4 Å². The predicted molar refractivity (Wildman–Crippen MR) is 163 cm³/mol. The van der Waals surface area contributed by atoms with E-state index in [9.17, 15) is 5.11 Å². The summed E-state index contributed by atoms with van der Waals surface area (Å²) >= 11 is 0. The van der Waals surface area contributed by atoms with Crippen molar-refractivity contribution in [3.63, 3.8) is 0 Å². The normalized spacial score (nSPS) is 11.2. The number of rotatable bonds is 4. The van der Waals surface area contributed by atoms with Crippen LogP contribution < -0.4 is 0 Å². The van der Waals surface area contributed by atoms with Crippen molar-refractivity contribution in [2.24, 2.45) is 0 Å². The Balaban J connectivity index is 0.00000288. The molecule has 0 bridgehead atoms. The first-order valence-electron chi connectivity index (χ1n) is 13.4. The maximum Gasteiger partial charge on any atom is 0.140 e. The predicted octanol–water partition coefficient (Wildman–Crippen LogP) is 8.82. The molecule has 0 spiro atoms. The smallest absolute Gasteiger partial charge is 0.140 e. The molecular weight excluding hydrogens is 701 g/mol. The zero-order valence-corrected chi connectivity index (χ0v) is 24.4. The first-order chi connectivity index (χ1) is 20.2. The van der Waals surface area contributed by atoms with Gasteiger partial charge in [0.2, 0.25) is 0 Å². The van der Waals surface area contributed by atoms with Gasteiger partial charge in [0.05, 0.1) is 11.1 Å². The molecule has 8 rings (SSSR count). The van der Waals surface area contributed by atoms with Crippen molar-refractivity contribution in [3.05, 3.63) is 134 Å². The first kappa shape index (κ1) is 25.9. The van der Waals surface area contributed by atoms with E-state index in [1.54, 1.807) is 6.07 Å². The zero-order chi connectivity index (χ0) is 27.3. The summed E-state index contributed by atoms with van der Waals surface area (Å²) in [6.07, 6.45) is 3.88. The fourth-order valence-electron chi connectivity index (χ4n) is 5.45. The largest absolute Gasteiger partial charge is 0.507 e. The number of imidazole rings is 1. The van der Waals surface area contributed by atoms with Gasteiger partial charge in [-0.1, -0.05) is 90.0 Å². The number of fused-ring (bicyclic) bond motifs is 4. The standard InChI is InChI=1S/C36H22N3O2.Pt/c40-33-16-8-6-15-28(33)36-38-32(22-39(36)26-12-2-1-3-13-26)25-18-29-27-14-7-9-17-34(27)41-35(29)30(19-25)31-20-23-10-4-5-11-24(23)21-37-31;/h1-18,20-22,40H;/q-1;. The Morgan fingerprint density at radius 3 is 2.31 bits per heavy atom. The monoisotopic (exact) mass is 723 g/mol. The second-order valence-electron chi connectivity index (χ2n) is 9.99. The van der Waals surface area contributed by atoms with E-state index in [1.807, 2.05) is 95.8 Å². The molecule has 3 heterocycles. The van der Waals surface area contributed by atoms with Crippen LogP contribution in [0.2, 0.25) is 0 Å². The van der Waals surface area contributed by atoms with Crippen LogP contribution in [-0.2, 0) is 21.1 Å². The molecule has 0 saturated carbocycles. The Morgan fingerprint density at radius 1 is 0.714 bits per heavy atom. The van der Waals surface area contributed by atoms with Gasteiger partial charge in [-0.15, -0.1) is 12.1 Å². The van der Waals surface area contributed by atoms with Gasteiger partial charge in [0, 0.05) is 55.9 Å². The number of pyridine rings is 1. The van der Waals surface area contributed by atoms with Crippen LogP contribution in [0.5, 0.6) is 5.75 Å². The van der Waals surface area contributed by atoms with Gasteiger partial charge < -0.3 is 14.1 Å². The summed E-state index contributed by atoms with van der Waals surface area (Å²) in [5.41, 5.74) is 6.21. The van der Waals surface area contributed by atoms with Crippen LogP contribution >= 0.6 is 0 Å². The van der Waals surface area contributed by atoms with Crippen LogP contribution in [0.1, 0.15) is 0 Å². The quantitative estimate of drug-likeness (QED) is 0.185. The molecule has 0 atom stereocenters. The van der Waals surface area contributed by atoms with Crippen LogP contribution in [0.3, 0.4) is 0 Å². The summed E-state index contributed by atoms with van der Waals surface area (Å²) in [6.45, 7) is 0. The third-order valence-corrected chi connectivity index (χ3v) is 7.46. The van der Waals surface area contributed by atoms with E-state index in [0.29, 0.717) is 11.4 Å². The number of phenolic OH excluding ortho intramolecular Hbond substituents is 1. The van der Waals surface area contributed by atoms with E-state index in [0.717, 1.165) is 60.9 Å². The number of para-hydroxylation sites is 3. The molecule has 0 aliphatic heterocycles. The van der Waals surface area contributed by atoms with Gasteiger partial charge in [0.25, 0.3) is 0 Å². The molecule has 0 unspecified atom stereocenters. The Bertz CT molecular complexity index is 2230. The summed E-state index contributed by atoms with van der Waals surface area (Å²) in [6, 6.07) is 41.3. The minimum absolute atomic E-state index is 0. The molecule has 0 aliphatic rings. The molecule has 0 aliphatic carbocycles. The SMILES string of the molecule is Oc1ccccc1-c1nc(-c2[c-]c(-c3cc4ccccc4cn3)c3oc4ccccc4c3c2)cn1-c1ccccc1.[Pt]. The number of phenols is 1. The second kappa shape index (κ2) is 10.4. The van der Waals surface area contributed by atoms with Crippen LogP contribution in [0.15, 0.2) is 132 Å². The van der Waals surface area contributed by atoms with E-state index < -0.39 is 0 Å². The van der Waals surface area contributed by atoms with Crippen molar-refractivity contribution in [1.29, 1.82) is 0 Å². The fourth-order valence-corrected chi connectivity index (χ4v) is 5.45. The first-order valence-corrected chi connectivity index (χ1v) is 13.4. The molecule has 3 aromatic heterocycles. The van der Waals surface area contributed by atoms with Crippen molar-refractivity contribution in [3.8, 4) is 45.3 Å². The average molecular weight is 724 g/mol. The number of aromatic hydroxyl groups is 1. The summed E-state index contributed by atoms with van der Waals surface area (Å²) in [4.78, 5) is 9.88. The van der Waals surface area contributed by atoms with Gasteiger partial charge in [-0.25, -0.2) is 0 Å². The van der Waals surface area contributed by atoms with Crippen molar-refractivity contribution in [1.82, 2.24) is 14.5 Å². The maximum absolute atomic E-state index is 10.7. The molecular formula is C36H22N3O2Pt-. The third kappa shape index (κ3) is 4.30. The summed E-state index contributed by atoms with van der Waals surface area (Å²) in [5.74, 6) is 0.809. The minimum Gasteiger partial charge on any atom is -0.507 e. The van der Waals surface area contributed by atoms with Crippen LogP contribution in [-0.4, -0.2) is 19.6 Å². The van der Waals surface area contributed by atoms with Crippen molar-refractivity contribution in [2.75, 3.05) is 0 Å². The van der Waals surface area contributed by atoms with E-state index in [4.69, 9.17) is 14.4 Å². The third-order valence-electron chi connectivity index (χ3n) is 7.46. The van der Waals surface area contributed by atoms with Crippen LogP contribution in [0.25, 0.3) is 72.3 Å². The van der Waals surface area contributed by atoms with Gasteiger partial charge in [0.1, 0.15) is 17.2 Å². The van der Waals surface area contributed by atoms with Gasteiger partial charge in [-0.2, -0.15) is 0 Å². The topological polar surface area (TPSA) is 64.1 Å². The summed E-state index contributed by atoms with van der Waals surface area (Å²) in [7, 11) is 0. The number of hydrogen-bond acceptors (Lipinski definition) is 4.